The summed E-state index contributed by atoms with van der Waals surface area (Å²) in [6, 6.07) is 13.5. The first kappa shape index (κ1) is 39.2. The van der Waals surface area contributed by atoms with Crippen LogP contribution in [-0.4, -0.2) is 59.3 Å². The minimum Gasteiger partial charge on any atom is -0.399 e. The van der Waals surface area contributed by atoms with Gasteiger partial charge in [0.25, 0.3) is 0 Å². The normalized spacial score (nSPS) is 18.3. The minimum atomic E-state index is -5.65. The Hall–Kier alpha value is -4.47. The van der Waals surface area contributed by atoms with Gasteiger partial charge in [-0.3, -0.25) is 9.32 Å². The molecular formula is C31H36N8O12P3+. The summed E-state index contributed by atoms with van der Waals surface area (Å²) in [5, 5.41) is 5.28. The van der Waals surface area contributed by atoms with E-state index in [0.717, 1.165) is 21.8 Å². The Morgan fingerprint density at radius 3 is 2.31 bits per heavy atom. The highest BCUT2D eigenvalue weighted by Gasteiger charge is 2.41. The standard InChI is InChI=1S/C31H35N8O12P3/c32-22-7-5-19-13-20-6-8-23(33)15-26(20)38(25(19)14-22)12-2-4-27(40)35-11-1-3-21-16-39(31-29(21)30(34)36-18-37-31)28-10-9-24(49-28)17-48-53(44,45)51-54(46,47)50-52(41,42)43/h5-8,13-16,18,24,28H,2,4,9-12,17H2,(H10,32,33,34,35,36,37,40,41,42,43,44,45,46,47)/p+1/t24-,28+/m0/s1. The zero-order valence-electron chi connectivity index (χ0n) is 28.2. The third-order valence-electron chi connectivity index (χ3n) is 8.26. The number of amides is 1. The molecule has 23 heteroatoms. The van der Waals surface area contributed by atoms with Gasteiger partial charge < -0.3 is 51.4 Å². The van der Waals surface area contributed by atoms with E-state index in [1.807, 2.05) is 36.4 Å². The van der Waals surface area contributed by atoms with Crippen molar-refractivity contribution in [2.75, 3.05) is 30.4 Å². The highest BCUT2D eigenvalue weighted by molar-refractivity contribution is 7.66. The Morgan fingerprint density at radius 1 is 0.963 bits per heavy atom. The molecule has 2 aromatic carbocycles. The van der Waals surface area contributed by atoms with Crippen molar-refractivity contribution in [2.24, 2.45) is 0 Å². The summed E-state index contributed by atoms with van der Waals surface area (Å²) >= 11 is 0. The molecule has 2 unspecified atom stereocenters. The molecule has 1 fully saturated rings. The number of ether oxygens (including phenoxy) is 1. The number of nitrogen functional groups attached to an aromatic ring is 3. The second-order valence-corrected chi connectivity index (χ2v) is 16.6. The summed E-state index contributed by atoms with van der Waals surface area (Å²) in [5.41, 5.74) is 22.3. The van der Waals surface area contributed by atoms with E-state index in [1.54, 1.807) is 10.8 Å². The van der Waals surface area contributed by atoms with E-state index >= 15 is 0 Å². The lowest BCUT2D eigenvalue weighted by molar-refractivity contribution is -0.645. The molecule has 1 aliphatic rings. The SMILES string of the molecule is Nc1ccc2cc3ccc(N)cc3[n+](CCCC(=O)NCC#Cc3cn([C@H]4CC[C@@H](COP(=O)(O)OP(=O)(O)OP(=O)(O)O)O4)c4ncnc(N)c34)c2c1. The molecule has 0 bridgehead atoms. The first-order valence-corrected chi connectivity index (χ1v) is 20.7. The molecule has 5 aromatic rings. The lowest BCUT2D eigenvalue weighted by Gasteiger charge is -2.19. The lowest BCUT2D eigenvalue weighted by Crippen LogP contribution is -2.36. The van der Waals surface area contributed by atoms with Gasteiger partial charge in [-0.2, -0.15) is 13.2 Å². The molecule has 54 heavy (non-hydrogen) atoms. The van der Waals surface area contributed by atoms with Crippen LogP contribution in [0.25, 0.3) is 32.8 Å². The highest BCUT2D eigenvalue weighted by Crippen LogP contribution is 2.66. The van der Waals surface area contributed by atoms with Gasteiger partial charge in [0.15, 0.2) is 0 Å². The maximum atomic E-state index is 12.8. The molecule has 0 aliphatic carbocycles. The van der Waals surface area contributed by atoms with Crippen molar-refractivity contribution in [1.29, 1.82) is 0 Å². The molecule has 11 N–H and O–H groups in total. The fourth-order valence-electron chi connectivity index (χ4n) is 6.06. The van der Waals surface area contributed by atoms with Gasteiger partial charge in [-0.15, -0.1) is 0 Å². The maximum absolute atomic E-state index is 12.8. The van der Waals surface area contributed by atoms with Crippen LogP contribution in [0.2, 0.25) is 0 Å². The molecule has 0 saturated carbocycles. The Kier molecular flexibility index (Phi) is 11.4. The summed E-state index contributed by atoms with van der Waals surface area (Å²) in [5.74, 6) is 5.88. The van der Waals surface area contributed by atoms with Crippen LogP contribution < -0.4 is 27.1 Å². The van der Waals surface area contributed by atoms with Crippen molar-refractivity contribution in [1.82, 2.24) is 19.9 Å². The number of phosphoric acid groups is 3. The number of hydrogen-bond donors (Lipinski definition) is 8. The number of aromatic nitrogens is 4. The highest BCUT2D eigenvalue weighted by atomic mass is 31.3. The van der Waals surface area contributed by atoms with Gasteiger partial charge in [0, 0.05) is 53.3 Å². The topological polar surface area (TPSA) is 311 Å². The number of phosphoric ester groups is 1. The van der Waals surface area contributed by atoms with Crippen molar-refractivity contribution >= 4 is 79.4 Å². The van der Waals surface area contributed by atoms with Gasteiger partial charge in [0.1, 0.15) is 30.6 Å². The second-order valence-electron chi connectivity index (χ2n) is 12.2. The van der Waals surface area contributed by atoms with E-state index in [9.17, 15) is 28.3 Å². The third-order valence-corrected chi connectivity index (χ3v) is 12.1. The van der Waals surface area contributed by atoms with Gasteiger partial charge in [0.05, 0.1) is 30.2 Å². The third kappa shape index (κ3) is 9.60. The van der Waals surface area contributed by atoms with Crippen LogP contribution in [-0.2, 0) is 42.9 Å². The fraction of sp³-hybridized carbons (Fsp3) is 0.290. The van der Waals surface area contributed by atoms with E-state index < -0.39 is 42.4 Å². The number of carbonyl (C=O) groups excluding carboxylic acids is 1. The first-order valence-electron chi connectivity index (χ1n) is 16.2. The summed E-state index contributed by atoms with van der Waals surface area (Å²) in [7, 11) is -16.5. The number of carbonyl (C=O) groups is 1. The van der Waals surface area contributed by atoms with Crippen molar-refractivity contribution in [3.8, 4) is 11.8 Å². The number of nitrogens with one attached hydrogen (secondary N) is 1. The van der Waals surface area contributed by atoms with Crippen molar-refractivity contribution in [2.45, 2.75) is 44.6 Å². The van der Waals surface area contributed by atoms with Crippen LogP contribution >= 0.6 is 23.5 Å². The molecule has 1 aliphatic heterocycles. The lowest BCUT2D eigenvalue weighted by atomic mass is 10.1. The van der Waals surface area contributed by atoms with Crippen LogP contribution in [0, 0.1) is 11.8 Å². The van der Waals surface area contributed by atoms with Crippen LogP contribution in [0.3, 0.4) is 0 Å². The van der Waals surface area contributed by atoms with Crippen LogP contribution in [0.5, 0.6) is 0 Å². The molecule has 1 amide bonds. The summed E-state index contributed by atoms with van der Waals surface area (Å²) in [6.07, 6.45) is 2.86. The molecule has 4 atom stereocenters. The predicted octanol–water partition coefficient (Wildman–Crippen LogP) is 2.74. The summed E-state index contributed by atoms with van der Waals surface area (Å²) < 4.78 is 56.4. The molecule has 0 radical (unpaired) electrons. The molecule has 1 saturated heterocycles. The number of hydrogen-bond acceptors (Lipinski definition) is 13. The summed E-state index contributed by atoms with van der Waals surface area (Å²) in [4.78, 5) is 57.7. The summed E-state index contributed by atoms with van der Waals surface area (Å²) in [6.45, 7) is -0.0104. The zero-order valence-corrected chi connectivity index (χ0v) is 30.9. The first-order chi connectivity index (χ1) is 25.5. The number of nitrogens with zero attached hydrogens (tertiary/aromatic N) is 4. The molecule has 3 aromatic heterocycles. The van der Waals surface area contributed by atoms with Crippen LogP contribution in [0.1, 0.15) is 37.5 Å². The largest absolute Gasteiger partial charge is 0.490 e. The monoisotopic (exact) mass is 805 g/mol. The number of pyridine rings is 1. The molecule has 20 nitrogen and oxygen atoms in total. The van der Waals surface area contributed by atoms with Gasteiger partial charge in [-0.1, -0.05) is 11.8 Å². The number of rotatable bonds is 13. The van der Waals surface area contributed by atoms with Gasteiger partial charge in [-0.25, -0.2) is 23.7 Å². The van der Waals surface area contributed by atoms with E-state index in [4.69, 9.17) is 36.2 Å². The van der Waals surface area contributed by atoms with Crippen molar-refractivity contribution in [3.05, 3.63) is 60.6 Å². The quantitative estimate of drug-likeness (QED) is 0.0279. The smallest absolute Gasteiger partial charge is 0.399 e. The van der Waals surface area contributed by atoms with Gasteiger partial charge in [0.2, 0.25) is 16.9 Å². The molecule has 4 heterocycles. The minimum absolute atomic E-state index is 0.0408. The van der Waals surface area contributed by atoms with E-state index in [0.29, 0.717) is 53.8 Å². The number of nitrogens with two attached hydrogens (primary N) is 3. The fourth-order valence-corrected chi connectivity index (χ4v) is 9.11. The van der Waals surface area contributed by atoms with Gasteiger partial charge >= 0.3 is 23.5 Å². The van der Waals surface area contributed by atoms with Crippen molar-refractivity contribution < 1.29 is 60.5 Å². The Morgan fingerprint density at radius 2 is 1.65 bits per heavy atom. The zero-order chi connectivity index (χ0) is 38.8. The van der Waals surface area contributed by atoms with E-state index in [1.165, 1.54) is 6.33 Å². The average Bonchev–Trinajstić information content (AvgIpc) is 3.70. The maximum Gasteiger partial charge on any atom is 0.490 e. The van der Waals surface area contributed by atoms with Crippen LogP contribution in [0.15, 0.2) is 55.0 Å². The van der Waals surface area contributed by atoms with Crippen molar-refractivity contribution in [3.63, 3.8) is 0 Å². The van der Waals surface area contributed by atoms with E-state index in [-0.39, 0.29) is 24.7 Å². The second kappa shape index (κ2) is 15.7. The number of aryl methyl sites for hydroxylation is 1. The van der Waals surface area contributed by atoms with E-state index in [2.05, 4.69) is 46.4 Å². The van der Waals surface area contributed by atoms with Crippen LogP contribution in [0.4, 0.5) is 17.2 Å². The Balaban J connectivity index is 1.06. The molecule has 6 rings (SSSR count). The van der Waals surface area contributed by atoms with Gasteiger partial charge in [-0.05, 0) is 43.2 Å². The predicted molar refractivity (Wildman–Crippen MR) is 194 cm³/mol. The Labute approximate surface area is 306 Å². The number of benzene rings is 2. The Bertz CT molecular complexity index is 2400. The molecular weight excluding hydrogens is 769 g/mol. The average molecular weight is 806 g/mol. The molecule has 0 spiro atoms. The molecule has 286 valence electrons. The number of anilines is 3. The number of fused-ring (bicyclic) bond motifs is 3.